The normalized spacial score (nSPS) is 15.9. The van der Waals surface area contributed by atoms with E-state index in [-0.39, 0.29) is 17.2 Å². The summed E-state index contributed by atoms with van der Waals surface area (Å²) in [4.78, 5) is 19.9. The van der Waals surface area contributed by atoms with Crippen LogP contribution in [-0.2, 0) is 23.2 Å². The van der Waals surface area contributed by atoms with Crippen LogP contribution in [0.1, 0.15) is 62.9 Å². The van der Waals surface area contributed by atoms with Gasteiger partial charge in [0.25, 0.3) is 0 Å². The van der Waals surface area contributed by atoms with E-state index in [2.05, 4.69) is 92.1 Å². The predicted molar refractivity (Wildman–Crippen MR) is 154 cm³/mol. The van der Waals surface area contributed by atoms with Crippen molar-refractivity contribution in [2.24, 2.45) is 0 Å². The van der Waals surface area contributed by atoms with Gasteiger partial charge in [-0.3, -0.25) is 4.79 Å². The minimum absolute atomic E-state index is 0.128. The second-order valence-corrected chi connectivity index (χ2v) is 11.4. The molecule has 1 amide bonds. The number of hydrogen-bond donors (Lipinski definition) is 0. The van der Waals surface area contributed by atoms with Crippen LogP contribution in [0.3, 0.4) is 0 Å². The zero-order valence-corrected chi connectivity index (χ0v) is 22.9. The maximum absolute atomic E-state index is 12.9. The number of rotatable bonds is 10. The largest absolute Gasteiger partial charge is 0.494 e. The van der Waals surface area contributed by atoms with Gasteiger partial charge >= 0.3 is 0 Å². The summed E-state index contributed by atoms with van der Waals surface area (Å²) >= 11 is 0. The van der Waals surface area contributed by atoms with Crippen LogP contribution in [0.25, 0.3) is 11.0 Å². The first kappa shape index (κ1) is 26.0. The van der Waals surface area contributed by atoms with Gasteiger partial charge < -0.3 is 14.2 Å². The molecule has 1 aromatic heterocycles. The standard InChI is InChI=1S/C33H39N3O2/c1-33(2,3)27-15-17-28(18-16-27)38-22-10-9-20-36-30-14-8-7-13-29(30)34-32(36)26-23-31(37)35(24-26)21-19-25-11-5-4-6-12-25/h4-8,11-18,26H,9-10,19-24H2,1-3H3. The fourth-order valence-corrected chi connectivity index (χ4v) is 5.32. The number of nitrogens with zero attached hydrogens (tertiary/aromatic N) is 3. The number of carbonyl (C=O) groups is 1. The SMILES string of the molecule is CC(C)(C)c1ccc(OCCCCn2c(C3CC(=O)N(CCc4ccccc4)C3)nc3ccccc32)cc1. The molecule has 3 aromatic carbocycles. The molecule has 1 aliphatic rings. The van der Waals surface area contributed by atoms with Crippen LogP contribution in [0.5, 0.6) is 5.75 Å². The molecule has 1 saturated heterocycles. The first-order valence-electron chi connectivity index (χ1n) is 13.9. The lowest BCUT2D eigenvalue weighted by Gasteiger charge is -2.19. The average Bonchev–Trinajstić information content (AvgIpc) is 3.47. The van der Waals surface area contributed by atoms with E-state index in [1.807, 2.05) is 17.0 Å². The third-order valence-corrected chi connectivity index (χ3v) is 7.54. The van der Waals surface area contributed by atoms with Gasteiger partial charge in [0.15, 0.2) is 0 Å². The molecule has 4 aromatic rings. The van der Waals surface area contributed by atoms with Gasteiger partial charge in [-0.1, -0.05) is 75.4 Å². The number of unbranched alkanes of at least 4 members (excludes halogenated alkanes) is 1. The third-order valence-electron chi connectivity index (χ3n) is 7.54. The van der Waals surface area contributed by atoms with E-state index in [4.69, 9.17) is 9.72 Å². The number of para-hydroxylation sites is 2. The number of benzene rings is 3. The Labute approximate surface area is 226 Å². The summed E-state index contributed by atoms with van der Waals surface area (Å²) in [6.45, 7) is 9.72. The number of imidazole rings is 1. The Balaban J connectivity index is 1.19. The highest BCUT2D eigenvalue weighted by Gasteiger charge is 2.33. The lowest BCUT2D eigenvalue weighted by atomic mass is 9.87. The van der Waals surface area contributed by atoms with Crippen LogP contribution in [-0.4, -0.2) is 40.1 Å². The number of amides is 1. The molecule has 0 spiro atoms. The summed E-state index contributed by atoms with van der Waals surface area (Å²) < 4.78 is 8.37. The Morgan fingerprint density at radius 2 is 1.63 bits per heavy atom. The molecule has 38 heavy (non-hydrogen) atoms. The number of fused-ring (bicyclic) bond motifs is 1. The quantitative estimate of drug-likeness (QED) is 0.222. The number of aromatic nitrogens is 2. The van der Waals surface area contributed by atoms with Gasteiger partial charge in [0.05, 0.1) is 17.6 Å². The molecule has 0 aliphatic carbocycles. The Kier molecular flexibility index (Phi) is 7.82. The summed E-state index contributed by atoms with van der Waals surface area (Å²) in [7, 11) is 0. The maximum Gasteiger partial charge on any atom is 0.223 e. The minimum atomic E-state index is 0.128. The summed E-state index contributed by atoms with van der Waals surface area (Å²) in [6.07, 6.45) is 3.37. The highest BCUT2D eigenvalue weighted by Crippen LogP contribution is 2.31. The second-order valence-electron chi connectivity index (χ2n) is 11.4. The van der Waals surface area contributed by atoms with Crippen molar-refractivity contribution in [3.63, 3.8) is 0 Å². The molecule has 5 heteroatoms. The monoisotopic (exact) mass is 509 g/mol. The molecule has 0 saturated carbocycles. The molecule has 0 bridgehead atoms. The Morgan fingerprint density at radius 3 is 2.39 bits per heavy atom. The maximum atomic E-state index is 12.9. The molecule has 0 N–H and O–H groups in total. The molecule has 0 radical (unpaired) electrons. The fraction of sp³-hybridized carbons (Fsp3) is 0.394. The van der Waals surface area contributed by atoms with E-state index < -0.39 is 0 Å². The van der Waals surface area contributed by atoms with Crippen molar-refractivity contribution in [1.29, 1.82) is 0 Å². The van der Waals surface area contributed by atoms with E-state index in [1.54, 1.807) is 0 Å². The molecule has 5 rings (SSSR count). The Hall–Kier alpha value is -3.60. The van der Waals surface area contributed by atoms with Crippen LogP contribution >= 0.6 is 0 Å². The van der Waals surface area contributed by atoms with Crippen molar-refractivity contribution >= 4 is 16.9 Å². The molecule has 1 fully saturated rings. The number of aryl methyl sites for hydroxylation is 1. The zero-order valence-electron chi connectivity index (χ0n) is 22.9. The first-order chi connectivity index (χ1) is 18.4. The molecule has 5 nitrogen and oxygen atoms in total. The number of hydrogen-bond acceptors (Lipinski definition) is 3. The van der Waals surface area contributed by atoms with Crippen LogP contribution < -0.4 is 4.74 Å². The molecular weight excluding hydrogens is 470 g/mol. The van der Waals surface area contributed by atoms with Crippen LogP contribution in [0, 0.1) is 0 Å². The number of likely N-dealkylation sites (tertiary alicyclic amines) is 1. The highest BCUT2D eigenvalue weighted by atomic mass is 16.5. The van der Waals surface area contributed by atoms with E-state index in [1.165, 1.54) is 11.1 Å². The van der Waals surface area contributed by atoms with E-state index in [0.29, 0.717) is 13.0 Å². The summed E-state index contributed by atoms with van der Waals surface area (Å²) in [5.74, 6) is 2.32. The molecule has 198 valence electrons. The first-order valence-corrected chi connectivity index (χ1v) is 13.9. The molecule has 2 heterocycles. The van der Waals surface area contributed by atoms with Gasteiger partial charge in [0, 0.05) is 32.0 Å². The van der Waals surface area contributed by atoms with Crippen molar-refractivity contribution in [2.45, 2.75) is 64.3 Å². The Morgan fingerprint density at radius 1 is 0.895 bits per heavy atom. The Bertz CT molecular complexity index is 1350. The lowest BCUT2D eigenvalue weighted by Crippen LogP contribution is -2.27. The lowest BCUT2D eigenvalue weighted by molar-refractivity contribution is -0.127. The van der Waals surface area contributed by atoms with Crippen LogP contribution in [0.15, 0.2) is 78.9 Å². The smallest absolute Gasteiger partial charge is 0.223 e. The van der Waals surface area contributed by atoms with Gasteiger partial charge in [-0.05, 0) is 60.1 Å². The van der Waals surface area contributed by atoms with Crippen LogP contribution in [0.2, 0.25) is 0 Å². The van der Waals surface area contributed by atoms with Gasteiger partial charge in [-0.2, -0.15) is 0 Å². The van der Waals surface area contributed by atoms with E-state index >= 15 is 0 Å². The number of ether oxygens (including phenoxy) is 1. The molecule has 1 unspecified atom stereocenters. The second kappa shape index (κ2) is 11.4. The van der Waals surface area contributed by atoms with Crippen molar-refractivity contribution in [3.8, 4) is 5.75 Å². The highest BCUT2D eigenvalue weighted by molar-refractivity contribution is 5.81. The topological polar surface area (TPSA) is 47.4 Å². The number of carbonyl (C=O) groups excluding carboxylic acids is 1. The summed E-state index contributed by atoms with van der Waals surface area (Å²) in [5, 5.41) is 0. The minimum Gasteiger partial charge on any atom is -0.494 e. The third kappa shape index (κ3) is 6.09. The van der Waals surface area contributed by atoms with Crippen molar-refractivity contribution in [1.82, 2.24) is 14.5 Å². The average molecular weight is 510 g/mol. The van der Waals surface area contributed by atoms with Crippen molar-refractivity contribution < 1.29 is 9.53 Å². The van der Waals surface area contributed by atoms with Gasteiger partial charge in [-0.25, -0.2) is 4.98 Å². The summed E-state index contributed by atoms with van der Waals surface area (Å²) in [6, 6.07) is 27.2. The van der Waals surface area contributed by atoms with Gasteiger partial charge in [0.1, 0.15) is 11.6 Å². The van der Waals surface area contributed by atoms with Gasteiger partial charge in [-0.15, -0.1) is 0 Å². The zero-order chi connectivity index (χ0) is 26.5. The van der Waals surface area contributed by atoms with Gasteiger partial charge in [0.2, 0.25) is 5.91 Å². The van der Waals surface area contributed by atoms with Crippen molar-refractivity contribution in [2.75, 3.05) is 19.7 Å². The fourth-order valence-electron chi connectivity index (χ4n) is 5.32. The molecule has 1 aliphatic heterocycles. The molecule has 1 atom stereocenters. The predicted octanol–water partition coefficient (Wildman–Crippen LogP) is 6.75. The summed E-state index contributed by atoms with van der Waals surface area (Å²) in [5.41, 5.74) is 4.88. The van der Waals surface area contributed by atoms with E-state index in [9.17, 15) is 4.79 Å². The molecular formula is C33H39N3O2. The van der Waals surface area contributed by atoms with E-state index in [0.717, 1.165) is 61.5 Å². The van der Waals surface area contributed by atoms with Crippen molar-refractivity contribution in [3.05, 3.63) is 95.8 Å². The van der Waals surface area contributed by atoms with Crippen LogP contribution in [0.4, 0.5) is 0 Å².